The second-order valence-electron chi connectivity index (χ2n) is 3.78. The van der Waals surface area contributed by atoms with Gasteiger partial charge in [-0.2, -0.15) is 0 Å². The van der Waals surface area contributed by atoms with Gasteiger partial charge in [0.05, 0.1) is 14.2 Å². The highest BCUT2D eigenvalue weighted by molar-refractivity contribution is 5.77. The molecular formula is C13H16O5. The molecule has 0 aliphatic carbocycles. The number of hydrogen-bond donors (Lipinski definition) is 1. The fourth-order valence-corrected chi connectivity index (χ4v) is 1.75. The SMILES string of the molecule is COc1cc(C=O)cc(CCCC(=O)O)c1OC. The molecule has 98 valence electrons. The number of carboxylic acid groups (broad SMARTS) is 1. The van der Waals surface area contributed by atoms with Crippen LogP contribution in [0.3, 0.4) is 0 Å². The summed E-state index contributed by atoms with van der Waals surface area (Å²) in [5.74, 6) is 0.188. The summed E-state index contributed by atoms with van der Waals surface area (Å²) in [7, 11) is 3.01. The van der Waals surface area contributed by atoms with Crippen LogP contribution in [-0.2, 0) is 11.2 Å². The topological polar surface area (TPSA) is 72.8 Å². The third-order valence-corrected chi connectivity index (χ3v) is 2.55. The summed E-state index contributed by atoms with van der Waals surface area (Å²) in [6.07, 6.45) is 1.81. The Hall–Kier alpha value is -2.04. The van der Waals surface area contributed by atoms with Gasteiger partial charge in [0.15, 0.2) is 11.5 Å². The molecule has 0 aliphatic heterocycles. The highest BCUT2D eigenvalue weighted by Gasteiger charge is 2.12. The summed E-state index contributed by atoms with van der Waals surface area (Å²) in [6.45, 7) is 0. The zero-order valence-corrected chi connectivity index (χ0v) is 10.4. The first-order chi connectivity index (χ1) is 8.62. The van der Waals surface area contributed by atoms with E-state index in [2.05, 4.69) is 0 Å². The number of rotatable bonds is 7. The summed E-state index contributed by atoms with van der Waals surface area (Å²) in [5.41, 5.74) is 1.26. The lowest BCUT2D eigenvalue weighted by Gasteiger charge is -2.13. The predicted octanol–water partition coefficient (Wildman–Crippen LogP) is 1.92. The van der Waals surface area contributed by atoms with Crippen molar-refractivity contribution in [1.82, 2.24) is 0 Å². The van der Waals surface area contributed by atoms with Crippen LogP contribution in [0.4, 0.5) is 0 Å². The molecular weight excluding hydrogens is 236 g/mol. The number of carbonyl (C=O) groups excluding carboxylic acids is 1. The Kier molecular flexibility index (Phi) is 5.17. The first kappa shape index (κ1) is 14.0. The van der Waals surface area contributed by atoms with Crippen LogP contribution in [0.2, 0.25) is 0 Å². The van der Waals surface area contributed by atoms with Crippen LogP contribution in [-0.4, -0.2) is 31.6 Å². The predicted molar refractivity (Wildman–Crippen MR) is 65.5 cm³/mol. The largest absolute Gasteiger partial charge is 0.493 e. The molecule has 5 nitrogen and oxygen atoms in total. The van der Waals surface area contributed by atoms with E-state index in [1.807, 2.05) is 0 Å². The Bertz CT molecular complexity index is 439. The first-order valence-corrected chi connectivity index (χ1v) is 5.54. The van der Waals surface area contributed by atoms with Gasteiger partial charge in [-0.25, -0.2) is 0 Å². The second kappa shape index (κ2) is 6.64. The summed E-state index contributed by atoms with van der Waals surface area (Å²) in [6, 6.07) is 3.28. The number of carbonyl (C=O) groups is 2. The quantitative estimate of drug-likeness (QED) is 0.750. The van der Waals surface area contributed by atoms with Gasteiger partial charge < -0.3 is 14.6 Å². The van der Waals surface area contributed by atoms with E-state index >= 15 is 0 Å². The molecule has 0 unspecified atom stereocenters. The number of aldehydes is 1. The Morgan fingerprint density at radius 2 is 2.06 bits per heavy atom. The molecule has 1 rings (SSSR count). The Balaban J connectivity index is 2.98. The molecule has 0 heterocycles. The fraction of sp³-hybridized carbons (Fsp3) is 0.385. The number of methoxy groups -OCH3 is 2. The van der Waals surface area contributed by atoms with E-state index in [1.165, 1.54) is 14.2 Å². The highest BCUT2D eigenvalue weighted by Crippen LogP contribution is 2.33. The van der Waals surface area contributed by atoms with Crippen molar-refractivity contribution in [1.29, 1.82) is 0 Å². The van der Waals surface area contributed by atoms with Crippen LogP contribution in [0.15, 0.2) is 12.1 Å². The van der Waals surface area contributed by atoms with Gasteiger partial charge in [-0.1, -0.05) is 0 Å². The van der Waals surface area contributed by atoms with Gasteiger partial charge in [-0.3, -0.25) is 9.59 Å². The molecule has 18 heavy (non-hydrogen) atoms. The molecule has 1 N–H and O–H groups in total. The summed E-state index contributed by atoms with van der Waals surface area (Å²) in [4.78, 5) is 21.3. The van der Waals surface area contributed by atoms with Crippen LogP contribution in [0.1, 0.15) is 28.8 Å². The highest BCUT2D eigenvalue weighted by atomic mass is 16.5. The molecule has 0 amide bonds. The maximum absolute atomic E-state index is 10.8. The van der Waals surface area contributed by atoms with Crippen molar-refractivity contribution in [2.75, 3.05) is 14.2 Å². The molecule has 0 saturated carbocycles. The molecule has 0 spiro atoms. The zero-order chi connectivity index (χ0) is 13.5. The van der Waals surface area contributed by atoms with E-state index in [0.717, 1.165) is 11.8 Å². The average molecular weight is 252 g/mol. The van der Waals surface area contributed by atoms with Gasteiger partial charge in [0, 0.05) is 12.0 Å². The molecule has 1 aromatic carbocycles. The van der Waals surface area contributed by atoms with Gasteiger partial charge in [-0.15, -0.1) is 0 Å². The lowest BCUT2D eigenvalue weighted by molar-refractivity contribution is -0.137. The molecule has 1 aromatic rings. The normalized spacial score (nSPS) is 9.89. The van der Waals surface area contributed by atoms with E-state index in [9.17, 15) is 9.59 Å². The molecule has 0 aliphatic rings. The molecule has 0 saturated heterocycles. The van der Waals surface area contributed by atoms with E-state index in [0.29, 0.717) is 29.9 Å². The van der Waals surface area contributed by atoms with Gasteiger partial charge in [0.25, 0.3) is 0 Å². The minimum absolute atomic E-state index is 0.0801. The van der Waals surface area contributed by atoms with Gasteiger partial charge in [0.2, 0.25) is 0 Å². The van der Waals surface area contributed by atoms with Gasteiger partial charge in [-0.05, 0) is 30.5 Å². The first-order valence-electron chi connectivity index (χ1n) is 5.54. The Morgan fingerprint density at radius 1 is 1.33 bits per heavy atom. The number of aryl methyl sites for hydroxylation is 1. The van der Waals surface area contributed by atoms with E-state index in [-0.39, 0.29) is 6.42 Å². The van der Waals surface area contributed by atoms with Crippen molar-refractivity contribution in [3.05, 3.63) is 23.3 Å². The molecule has 0 aromatic heterocycles. The van der Waals surface area contributed by atoms with Crippen molar-refractivity contribution in [2.45, 2.75) is 19.3 Å². The maximum Gasteiger partial charge on any atom is 0.303 e. The number of benzene rings is 1. The number of carboxylic acids is 1. The molecule has 5 heteroatoms. The average Bonchev–Trinajstić information content (AvgIpc) is 2.37. The second-order valence-corrected chi connectivity index (χ2v) is 3.78. The fourth-order valence-electron chi connectivity index (χ4n) is 1.75. The van der Waals surface area contributed by atoms with Crippen molar-refractivity contribution in [3.63, 3.8) is 0 Å². The van der Waals surface area contributed by atoms with E-state index in [4.69, 9.17) is 14.6 Å². The van der Waals surface area contributed by atoms with Gasteiger partial charge >= 0.3 is 5.97 Å². The minimum Gasteiger partial charge on any atom is -0.493 e. The standard InChI is InChI=1S/C13H16O5/c1-17-11-7-9(8-14)6-10(13(11)18-2)4-3-5-12(15)16/h6-8H,3-5H2,1-2H3,(H,15,16). The van der Waals surface area contributed by atoms with Crippen LogP contribution >= 0.6 is 0 Å². The van der Waals surface area contributed by atoms with Crippen molar-refractivity contribution < 1.29 is 24.2 Å². The monoisotopic (exact) mass is 252 g/mol. The molecule has 0 fully saturated rings. The maximum atomic E-state index is 10.8. The minimum atomic E-state index is -0.840. The number of ether oxygens (including phenoxy) is 2. The van der Waals surface area contributed by atoms with E-state index < -0.39 is 5.97 Å². The Labute approximate surface area is 105 Å². The lowest BCUT2D eigenvalue weighted by atomic mass is 10.0. The van der Waals surface area contributed by atoms with Crippen LogP contribution in [0, 0.1) is 0 Å². The van der Waals surface area contributed by atoms with Crippen LogP contribution in [0.25, 0.3) is 0 Å². The van der Waals surface area contributed by atoms with E-state index in [1.54, 1.807) is 12.1 Å². The Morgan fingerprint density at radius 3 is 2.56 bits per heavy atom. The summed E-state index contributed by atoms with van der Waals surface area (Å²) < 4.78 is 10.4. The lowest BCUT2D eigenvalue weighted by Crippen LogP contribution is -2.00. The summed E-state index contributed by atoms with van der Waals surface area (Å²) >= 11 is 0. The number of aliphatic carboxylic acids is 1. The third kappa shape index (κ3) is 3.48. The summed E-state index contributed by atoms with van der Waals surface area (Å²) in [5, 5.41) is 8.61. The molecule has 0 radical (unpaired) electrons. The van der Waals surface area contributed by atoms with Crippen molar-refractivity contribution in [3.8, 4) is 11.5 Å². The van der Waals surface area contributed by atoms with Crippen LogP contribution < -0.4 is 9.47 Å². The van der Waals surface area contributed by atoms with Crippen molar-refractivity contribution in [2.24, 2.45) is 0 Å². The molecule has 0 bridgehead atoms. The molecule has 0 atom stereocenters. The smallest absolute Gasteiger partial charge is 0.303 e. The zero-order valence-electron chi connectivity index (χ0n) is 10.4. The van der Waals surface area contributed by atoms with Crippen molar-refractivity contribution >= 4 is 12.3 Å². The number of hydrogen-bond acceptors (Lipinski definition) is 4. The van der Waals surface area contributed by atoms with Crippen LogP contribution in [0.5, 0.6) is 11.5 Å². The third-order valence-electron chi connectivity index (χ3n) is 2.55. The van der Waals surface area contributed by atoms with Gasteiger partial charge in [0.1, 0.15) is 6.29 Å².